The van der Waals surface area contributed by atoms with Gasteiger partial charge in [0.1, 0.15) is 0 Å². The topological polar surface area (TPSA) is 86.1 Å². The number of pyridine rings is 1. The summed E-state index contributed by atoms with van der Waals surface area (Å²) in [5.41, 5.74) is 2.61. The number of amides is 2. The van der Waals surface area contributed by atoms with Crippen molar-refractivity contribution in [3.63, 3.8) is 0 Å². The average molecular weight is 445 g/mol. The van der Waals surface area contributed by atoms with Crippen LogP contribution in [0, 0.1) is 17.2 Å². The molecule has 4 rings (SSSR count). The Kier molecular flexibility index (Phi) is 7.03. The van der Waals surface area contributed by atoms with Gasteiger partial charge in [-0.1, -0.05) is 36.4 Å². The Balaban J connectivity index is 1.33. The van der Waals surface area contributed by atoms with Crippen molar-refractivity contribution in [3.05, 3.63) is 82.7 Å². The predicted molar refractivity (Wildman–Crippen MR) is 125 cm³/mol. The summed E-state index contributed by atoms with van der Waals surface area (Å²) in [5.74, 6) is -0.0670. The Morgan fingerprint density at radius 1 is 1.25 bits per heavy atom. The summed E-state index contributed by atoms with van der Waals surface area (Å²) in [6.45, 7) is 1.22. The van der Waals surface area contributed by atoms with Crippen molar-refractivity contribution in [3.8, 4) is 6.07 Å². The highest BCUT2D eigenvalue weighted by molar-refractivity contribution is 8.04. The molecule has 0 saturated carbocycles. The fourth-order valence-corrected chi connectivity index (χ4v) is 5.53. The van der Waals surface area contributed by atoms with Crippen LogP contribution in [0.15, 0.2) is 71.5 Å². The van der Waals surface area contributed by atoms with Crippen molar-refractivity contribution < 1.29 is 9.59 Å². The maximum atomic E-state index is 12.7. The first-order valence-corrected chi connectivity index (χ1v) is 11.5. The number of nitriles is 1. The van der Waals surface area contributed by atoms with Crippen molar-refractivity contribution in [1.29, 1.82) is 5.26 Å². The number of aryl methyl sites for hydroxylation is 1. The lowest BCUT2D eigenvalue weighted by Gasteiger charge is -2.34. The molecule has 1 fully saturated rings. The minimum Gasteiger partial charge on any atom is -0.342 e. The van der Waals surface area contributed by atoms with E-state index >= 15 is 0 Å². The van der Waals surface area contributed by atoms with Crippen LogP contribution in [-0.2, 0) is 16.0 Å². The first-order valence-electron chi connectivity index (χ1n) is 10.7. The van der Waals surface area contributed by atoms with E-state index in [0.717, 1.165) is 17.5 Å². The van der Waals surface area contributed by atoms with Gasteiger partial charge in [-0.2, -0.15) is 5.26 Å². The van der Waals surface area contributed by atoms with Crippen molar-refractivity contribution in [2.45, 2.75) is 24.5 Å². The Hall–Kier alpha value is -3.37. The molecular weight excluding hydrogens is 420 g/mol. The number of allylic oxidation sites excluding steroid dienone is 1. The molecular formula is C25H24N4O2S. The number of carbonyl (C=O) groups excluding carboxylic acids is 2. The molecule has 1 aromatic heterocycles. The van der Waals surface area contributed by atoms with Crippen LogP contribution in [0.1, 0.15) is 24.0 Å². The van der Waals surface area contributed by atoms with Gasteiger partial charge in [-0.15, -0.1) is 11.8 Å². The molecule has 162 valence electrons. The number of fused-ring (bicyclic) bond motifs is 1. The van der Waals surface area contributed by atoms with E-state index in [9.17, 15) is 14.9 Å². The molecule has 6 nitrogen and oxygen atoms in total. The highest BCUT2D eigenvalue weighted by Gasteiger charge is 2.41. The standard InChI is InChI=1S/C25H24N4O2S/c26-15-21-20-12-14-29(24(31)11-9-19-7-4-13-27-16-19)17-22(20)32-25(21)28-23(30)10-8-18-5-2-1-3-6-18/h1-8,10,13,16,20,22H,9,11-12,14,17H2,(H,28,30)/b10-8+. The van der Waals surface area contributed by atoms with E-state index < -0.39 is 0 Å². The zero-order valence-corrected chi connectivity index (χ0v) is 18.4. The molecule has 2 aliphatic rings. The van der Waals surface area contributed by atoms with Gasteiger partial charge in [-0.05, 0) is 36.1 Å². The largest absolute Gasteiger partial charge is 0.342 e. The number of piperidine rings is 1. The Labute approximate surface area is 192 Å². The third-order valence-electron chi connectivity index (χ3n) is 5.73. The quantitative estimate of drug-likeness (QED) is 0.689. The highest BCUT2D eigenvalue weighted by Crippen LogP contribution is 2.44. The summed E-state index contributed by atoms with van der Waals surface area (Å²) in [5, 5.41) is 13.3. The third kappa shape index (κ3) is 5.27. The molecule has 2 aromatic rings. The Morgan fingerprint density at radius 2 is 2.09 bits per heavy atom. The number of aromatic nitrogens is 1. The smallest absolute Gasteiger partial charge is 0.248 e. The molecule has 0 bridgehead atoms. The maximum Gasteiger partial charge on any atom is 0.248 e. The van der Waals surface area contributed by atoms with E-state index in [1.807, 2.05) is 47.4 Å². The van der Waals surface area contributed by atoms with Gasteiger partial charge in [-0.25, -0.2) is 0 Å². The van der Waals surface area contributed by atoms with Crippen LogP contribution in [0.4, 0.5) is 0 Å². The molecule has 0 radical (unpaired) electrons. The van der Waals surface area contributed by atoms with Crippen LogP contribution in [0.5, 0.6) is 0 Å². The minimum absolute atomic E-state index is 0.0702. The van der Waals surface area contributed by atoms with Crippen molar-refractivity contribution >= 4 is 29.7 Å². The van der Waals surface area contributed by atoms with Crippen molar-refractivity contribution in [2.24, 2.45) is 5.92 Å². The zero-order chi connectivity index (χ0) is 22.3. The fourth-order valence-electron chi connectivity index (χ4n) is 4.05. The number of nitrogens with one attached hydrogen (secondary N) is 1. The van der Waals surface area contributed by atoms with Crippen LogP contribution >= 0.6 is 11.8 Å². The lowest BCUT2D eigenvalue weighted by atomic mass is 9.90. The van der Waals surface area contributed by atoms with E-state index in [2.05, 4.69) is 16.4 Å². The van der Waals surface area contributed by atoms with Gasteiger partial charge >= 0.3 is 0 Å². The van der Waals surface area contributed by atoms with Crippen LogP contribution in [0.25, 0.3) is 6.08 Å². The molecule has 2 unspecified atom stereocenters. The van der Waals surface area contributed by atoms with Crippen molar-refractivity contribution in [1.82, 2.24) is 15.2 Å². The van der Waals surface area contributed by atoms with Crippen LogP contribution in [0.3, 0.4) is 0 Å². The number of nitrogens with zero attached hydrogens (tertiary/aromatic N) is 3. The predicted octanol–water partition coefficient (Wildman–Crippen LogP) is 3.54. The SMILES string of the molecule is N#CC1=C(NC(=O)/C=C/c2ccccc2)SC2CN(C(=O)CCc3cccnc3)CCC12. The molecule has 3 heterocycles. The summed E-state index contributed by atoms with van der Waals surface area (Å²) >= 11 is 1.50. The van der Waals surface area contributed by atoms with Gasteiger partial charge in [0, 0.05) is 49.1 Å². The Bertz CT molecular complexity index is 1080. The van der Waals surface area contributed by atoms with Gasteiger partial charge < -0.3 is 10.2 Å². The second-order valence-electron chi connectivity index (χ2n) is 7.84. The monoisotopic (exact) mass is 444 g/mol. The maximum absolute atomic E-state index is 12.7. The number of likely N-dealkylation sites (tertiary alicyclic amines) is 1. The molecule has 2 aliphatic heterocycles. The molecule has 1 saturated heterocycles. The molecule has 32 heavy (non-hydrogen) atoms. The van der Waals surface area contributed by atoms with Gasteiger partial charge in [0.15, 0.2) is 0 Å². The average Bonchev–Trinajstić information content (AvgIpc) is 3.18. The lowest BCUT2D eigenvalue weighted by Crippen LogP contribution is -2.44. The normalized spacial score (nSPS) is 20.2. The second-order valence-corrected chi connectivity index (χ2v) is 9.09. The highest BCUT2D eigenvalue weighted by atomic mass is 32.2. The summed E-state index contributed by atoms with van der Waals surface area (Å²) < 4.78 is 0. The molecule has 0 aliphatic carbocycles. The van der Waals surface area contributed by atoms with Gasteiger partial charge in [-0.3, -0.25) is 14.6 Å². The first kappa shape index (κ1) is 21.8. The van der Waals surface area contributed by atoms with Gasteiger partial charge in [0.25, 0.3) is 0 Å². The molecule has 2 amide bonds. The van der Waals surface area contributed by atoms with E-state index in [4.69, 9.17) is 0 Å². The molecule has 1 aromatic carbocycles. The summed E-state index contributed by atoms with van der Waals surface area (Å²) in [6, 6.07) is 15.7. The van der Waals surface area contributed by atoms with E-state index in [0.29, 0.717) is 36.5 Å². The zero-order valence-electron chi connectivity index (χ0n) is 17.6. The number of hydrogen-bond donors (Lipinski definition) is 1. The number of thioether (sulfide) groups is 1. The Morgan fingerprint density at radius 3 is 2.84 bits per heavy atom. The fraction of sp³-hybridized carbons (Fsp3) is 0.280. The van der Waals surface area contributed by atoms with E-state index in [1.165, 1.54) is 17.8 Å². The molecule has 2 atom stereocenters. The summed E-state index contributed by atoms with van der Waals surface area (Å²) in [7, 11) is 0. The van der Waals surface area contributed by atoms with Crippen LogP contribution in [0.2, 0.25) is 0 Å². The van der Waals surface area contributed by atoms with Crippen molar-refractivity contribution in [2.75, 3.05) is 13.1 Å². The van der Waals surface area contributed by atoms with Gasteiger partial charge in [0.2, 0.25) is 11.8 Å². The number of carbonyl (C=O) groups is 2. The van der Waals surface area contributed by atoms with E-state index in [-0.39, 0.29) is 23.0 Å². The number of benzene rings is 1. The third-order valence-corrected chi connectivity index (χ3v) is 7.07. The molecule has 0 spiro atoms. The molecule has 7 heteroatoms. The second kappa shape index (κ2) is 10.3. The first-order chi connectivity index (χ1) is 15.6. The lowest BCUT2D eigenvalue weighted by molar-refractivity contribution is -0.132. The molecule has 1 N–H and O–H groups in total. The van der Waals surface area contributed by atoms with Crippen LogP contribution in [-0.4, -0.2) is 40.0 Å². The number of rotatable bonds is 6. The van der Waals surface area contributed by atoms with Crippen LogP contribution < -0.4 is 5.32 Å². The minimum atomic E-state index is -0.257. The summed E-state index contributed by atoms with van der Waals surface area (Å²) in [4.78, 5) is 31.1. The summed E-state index contributed by atoms with van der Waals surface area (Å²) in [6.07, 6.45) is 8.59. The van der Waals surface area contributed by atoms with Gasteiger partial charge in [0.05, 0.1) is 16.7 Å². The van der Waals surface area contributed by atoms with E-state index in [1.54, 1.807) is 18.5 Å². The number of hydrogen-bond acceptors (Lipinski definition) is 5.